The number of hydrogen-bond donors (Lipinski definition) is 2. The van der Waals surface area contributed by atoms with Gasteiger partial charge in [-0.3, -0.25) is 0 Å². The fraction of sp³-hybridized carbons (Fsp3) is 0.571. The number of halogens is 1. The molecule has 5 heteroatoms. The summed E-state index contributed by atoms with van der Waals surface area (Å²) in [7, 11) is 0. The van der Waals surface area contributed by atoms with E-state index in [0.717, 1.165) is 0 Å². The Bertz CT molecular complexity index is 199. The van der Waals surface area contributed by atoms with Crippen LogP contribution in [0, 0.1) is 5.41 Å². The Morgan fingerprint density at radius 3 is 2.58 bits per heavy atom. The maximum atomic E-state index is 12.7. The molecule has 0 atom stereocenters. The molecular weight excluding hydrogens is 161 g/mol. The lowest BCUT2D eigenvalue weighted by Crippen LogP contribution is -2.38. The number of ether oxygens (including phenoxy) is 1. The van der Waals surface area contributed by atoms with Crippen LogP contribution in [0.4, 0.5) is 4.39 Å². The molecule has 3 N–H and O–H groups in total. The molecule has 1 aliphatic heterocycles. The van der Waals surface area contributed by atoms with Gasteiger partial charge in [-0.05, 0) is 0 Å². The molecule has 12 heavy (non-hydrogen) atoms. The van der Waals surface area contributed by atoms with Gasteiger partial charge in [-0.15, -0.1) is 0 Å². The molecule has 0 unspecified atom stereocenters. The molecule has 0 aromatic heterocycles. The van der Waals surface area contributed by atoms with Gasteiger partial charge in [-0.25, -0.2) is 4.39 Å². The maximum absolute atomic E-state index is 12.7. The lowest BCUT2D eigenvalue weighted by molar-refractivity contribution is 0.0520. The van der Waals surface area contributed by atoms with E-state index in [2.05, 4.69) is 0 Å². The summed E-state index contributed by atoms with van der Waals surface area (Å²) in [5.41, 5.74) is 5.43. The molecule has 1 aliphatic rings. The topological polar surface area (TPSA) is 62.3 Å². The van der Waals surface area contributed by atoms with Gasteiger partial charge < -0.3 is 20.8 Å². The summed E-state index contributed by atoms with van der Waals surface area (Å²) in [4.78, 5) is 1.67. The molecule has 1 rings (SSSR count). The largest absolute Gasteiger partial charge is 0.383 e. The lowest BCUT2D eigenvalue weighted by Gasteiger charge is -2.28. The Kier molecular flexibility index (Phi) is 3.04. The van der Waals surface area contributed by atoms with Crippen molar-refractivity contribution in [2.75, 3.05) is 26.3 Å². The summed E-state index contributed by atoms with van der Waals surface area (Å²) in [6.07, 6.45) is 0.616. The van der Waals surface area contributed by atoms with Crippen LogP contribution < -0.4 is 5.73 Å². The summed E-state index contributed by atoms with van der Waals surface area (Å²) >= 11 is 0. The van der Waals surface area contributed by atoms with Crippen molar-refractivity contribution in [2.24, 2.45) is 5.73 Å². The summed E-state index contributed by atoms with van der Waals surface area (Å²) in [6.45, 7) is 2.30. The highest BCUT2D eigenvalue weighted by Gasteiger charge is 2.13. The lowest BCUT2D eigenvalue weighted by atomic mass is 10.4. The standard InChI is InChI=1S/C7H12FN3O/c8-6(5-9)7(10)11-1-3-12-4-2-11/h5,9H,1-4,10H2/b7-6-,9-5?. The number of allylic oxidation sites excluding steroid dienone is 1. The molecule has 68 valence electrons. The number of nitrogens with one attached hydrogen (secondary N) is 1. The summed E-state index contributed by atoms with van der Waals surface area (Å²) in [5, 5.41) is 6.66. The monoisotopic (exact) mass is 173 g/mol. The number of nitrogens with two attached hydrogens (primary N) is 1. The molecular formula is C7H12FN3O. The van der Waals surface area contributed by atoms with Crippen LogP contribution in [0.3, 0.4) is 0 Å². The highest BCUT2D eigenvalue weighted by Crippen LogP contribution is 2.06. The van der Waals surface area contributed by atoms with Crippen LogP contribution in [0.15, 0.2) is 11.6 Å². The quantitative estimate of drug-likeness (QED) is 0.581. The third kappa shape index (κ3) is 1.94. The van der Waals surface area contributed by atoms with Crippen LogP contribution in [0.5, 0.6) is 0 Å². The Labute approximate surface area is 70.3 Å². The average Bonchev–Trinajstić information content (AvgIpc) is 2.17. The van der Waals surface area contributed by atoms with E-state index in [9.17, 15) is 4.39 Å². The number of morpholine rings is 1. The highest BCUT2D eigenvalue weighted by molar-refractivity contribution is 5.73. The van der Waals surface area contributed by atoms with E-state index in [-0.39, 0.29) is 5.82 Å². The van der Waals surface area contributed by atoms with Crippen LogP contribution in [0.1, 0.15) is 0 Å². The first-order valence-electron chi connectivity index (χ1n) is 3.74. The molecule has 0 bridgehead atoms. The first-order chi connectivity index (χ1) is 5.75. The molecule has 0 amide bonds. The molecule has 0 aromatic rings. The van der Waals surface area contributed by atoms with Crippen molar-refractivity contribution in [3.63, 3.8) is 0 Å². The van der Waals surface area contributed by atoms with E-state index in [0.29, 0.717) is 32.5 Å². The van der Waals surface area contributed by atoms with Crippen molar-refractivity contribution in [3.05, 3.63) is 11.6 Å². The molecule has 0 radical (unpaired) electrons. The molecule has 1 fully saturated rings. The SMILES string of the molecule is N=C/C(F)=C(\N)N1CCOCC1. The van der Waals surface area contributed by atoms with E-state index in [1.165, 1.54) is 0 Å². The Morgan fingerprint density at radius 2 is 2.08 bits per heavy atom. The predicted molar refractivity (Wildman–Crippen MR) is 43.5 cm³/mol. The average molecular weight is 173 g/mol. The minimum atomic E-state index is -0.683. The van der Waals surface area contributed by atoms with Crippen molar-refractivity contribution in [1.82, 2.24) is 4.90 Å². The summed E-state index contributed by atoms with van der Waals surface area (Å²) in [5.74, 6) is -0.648. The van der Waals surface area contributed by atoms with Crippen molar-refractivity contribution in [3.8, 4) is 0 Å². The highest BCUT2D eigenvalue weighted by atomic mass is 19.1. The van der Waals surface area contributed by atoms with Crippen LogP contribution >= 0.6 is 0 Å². The third-order valence-corrected chi connectivity index (χ3v) is 1.72. The van der Waals surface area contributed by atoms with Crippen molar-refractivity contribution >= 4 is 6.21 Å². The maximum Gasteiger partial charge on any atom is 0.180 e. The zero-order chi connectivity index (χ0) is 8.97. The Balaban J connectivity index is 2.61. The normalized spacial score (nSPS) is 20.2. The third-order valence-electron chi connectivity index (χ3n) is 1.72. The van der Waals surface area contributed by atoms with Gasteiger partial charge in [-0.1, -0.05) is 0 Å². The minimum absolute atomic E-state index is 0.0355. The van der Waals surface area contributed by atoms with Crippen LogP contribution in [-0.4, -0.2) is 37.4 Å². The fourth-order valence-corrected chi connectivity index (χ4v) is 1.03. The zero-order valence-corrected chi connectivity index (χ0v) is 6.72. The van der Waals surface area contributed by atoms with Crippen molar-refractivity contribution in [2.45, 2.75) is 0 Å². The molecule has 1 heterocycles. The predicted octanol–water partition coefficient (Wildman–Crippen LogP) is 0.0655. The van der Waals surface area contributed by atoms with Gasteiger partial charge in [0.1, 0.15) is 5.82 Å². The molecule has 0 aromatic carbocycles. The molecule has 4 nitrogen and oxygen atoms in total. The van der Waals surface area contributed by atoms with Gasteiger partial charge in [0.15, 0.2) is 5.83 Å². The minimum Gasteiger partial charge on any atom is -0.383 e. The van der Waals surface area contributed by atoms with Crippen molar-refractivity contribution < 1.29 is 9.13 Å². The van der Waals surface area contributed by atoms with E-state index >= 15 is 0 Å². The number of rotatable bonds is 2. The number of hydrogen-bond acceptors (Lipinski definition) is 4. The van der Waals surface area contributed by atoms with Gasteiger partial charge in [0.25, 0.3) is 0 Å². The zero-order valence-electron chi connectivity index (χ0n) is 6.72. The molecule has 0 aliphatic carbocycles. The van der Waals surface area contributed by atoms with Crippen LogP contribution in [0.25, 0.3) is 0 Å². The van der Waals surface area contributed by atoms with E-state index < -0.39 is 5.83 Å². The van der Waals surface area contributed by atoms with Gasteiger partial charge in [-0.2, -0.15) is 0 Å². The van der Waals surface area contributed by atoms with Gasteiger partial charge in [0.05, 0.1) is 19.4 Å². The fourth-order valence-electron chi connectivity index (χ4n) is 1.03. The Morgan fingerprint density at radius 1 is 1.50 bits per heavy atom. The number of nitrogens with zero attached hydrogens (tertiary/aromatic N) is 1. The van der Waals surface area contributed by atoms with E-state index in [4.69, 9.17) is 15.9 Å². The summed E-state index contributed by atoms with van der Waals surface area (Å²) in [6, 6.07) is 0. The van der Waals surface area contributed by atoms with Crippen molar-refractivity contribution in [1.29, 1.82) is 5.41 Å². The van der Waals surface area contributed by atoms with E-state index in [1.807, 2.05) is 0 Å². The van der Waals surface area contributed by atoms with E-state index in [1.54, 1.807) is 4.90 Å². The second-order valence-corrected chi connectivity index (χ2v) is 2.48. The van der Waals surface area contributed by atoms with Crippen LogP contribution in [-0.2, 0) is 4.74 Å². The molecule has 1 saturated heterocycles. The second-order valence-electron chi connectivity index (χ2n) is 2.48. The first-order valence-corrected chi connectivity index (χ1v) is 3.74. The second kappa shape index (κ2) is 4.06. The van der Waals surface area contributed by atoms with Gasteiger partial charge in [0.2, 0.25) is 0 Å². The Hall–Kier alpha value is -1.10. The van der Waals surface area contributed by atoms with Gasteiger partial charge in [0, 0.05) is 13.1 Å². The first kappa shape index (κ1) is 8.99. The van der Waals surface area contributed by atoms with Gasteiger partial charge >= 0.3 is 0 Å². The van der Waals surface area contributed by atoms with Crippen LogP contribution in [0.2, 0.25) is 0 Å². The molecule has 0 saturated carbocycles. The molecule has 0 spiro atoms. The smallest absolute Gasteiger partial charge is 0.180 e. The summed E-state index contributed by atoms with van der Waals surface area (Å²) < 4.78 is 17.8.